The number of hydrogen-bond acceptors (Lipinski definition) is 3. The Morgan fingerprint density at radius 3 is 2.47 bits per heavy atom. The van der Waals surface area contributed by atoms with E-state index in [-0.39, 0.29) is 5.41 Å². The molecule has 0 saturated carbocycles. The first-order chi connectivity index (χ1) is 7.90. The number of hydrogen-bond donors (Lipinski definition) is 1. The summed E-state index contributed by atoms with van der Waals surface area (Å²) in [5.74, 6) is 1.45. The lowest BCUT2D eigenvalue weighted by Gasteiger charge is -2.22. The van der Waals surface area contributed by atoms with Gasteiger partial charge in [0.15, 0.2) is 0 Å². The molecule has 0 amide bonds. The number of thioether (sulfide) groups is 1. The fourth-order valence-corrected chi connectivity index (χ4v) is 2.20. The maximum absolute atomic E-state index is 10.1. The molecule has 0 radical (unpaired) electrons. The molecule has 1 unspecified atom stereocenters. The lowest BCUT2D eigenvalue weighted by molar-refractivity contribution is 0.199. The highest BCUT2D eigenvalue weighted by Gasteiger charge is 2.19. The molecule has 2 nitrogen and oxygen atoms in total. The van der Waals surface area contributed by atoms with Crippen LogP contribution in [0.25, 0.3) is 0 Å². The van der Waals surface area contributed by atoms with E-state index in [4.69, 9.17) is 4.74 Å². The van der Waals surface area contributed by atoms with E-state index in [0.29, 0.717) is 5.75 Å². The summed E-state index contributed by atoms with van der Waals surface area (Å²) >= 11 is 1.63. The number of benzene rings is 1. The molecule has 0 heterocycles. The molecule has 1 rings (SSSR count). The summed E-state index contributed by atoms with van der Waals surface area (Å²) < 4.78 is 5.31. The van der Waals surface area contributed by atoms with Crippen LogP contribution in [-0.4, -0.2) is 24.2 Å². The molecule has 1 atom stereocenters. The minimum atomic E-state index is -0.470. The van der Waals surface area contributed by atoms with E-state index in [1.165, 1.54) is 5.56 Å². The van der Waals surface area contributed by atoms with Gasteiger partial charge >= 0.3 is 0 Å². The van der Waals surface area contributed by atoms with Crippen LogP contribution in [0.5, 0.6) is 5.75 Å². The molecule has 0 aromatic heterocycles. The Bertz CT molecular complexity index is 369. The van der Waals surface area contributed by atoms with E-state index < -0.39 is 6.10 Å². The summed E-state index contributed by atoms with van der Waals surface area (Å²) in [4.78, 5) is 0. The van der Waals surface area contributed by atoms with Gasteiger partial charge < -0.3 is 9.84 Å². The molecule has 1 aromatic carbocycles. The normalized spacial score (nSPS) is 13.5. The van der Waals surface area contributed by atoms with Crippen LogP contribution in [0, 0.1) is 0 Å². The first kappa shape index (κ1) is 14.4. The molecule has 1 aromatic rings. The van der Waals surface area contributed by atoms with Crippen molar-refractivity contribution in [1.82, 2.24) is 0 Å². The van der Waals surface area contributed by atoms with Crippen LogP contribution >= 0.6 is 11.8 Å². The lowest BCUT2D eigenvalue weighted by atomic mass is 9.85. The van der Waals surface area contributed by atoms with Crippen molar-refractivity contribution in [3.63, 3.8) is 0 Å². The molecule has 96 valence electrons. The Balaban J connectivity index is 3.15. The van der Waals surface area contributed by atoms with Crippen molar-refractivity contribution in [3.05, 3.63) is 29.3 Å². The summed E-state index contributed by atoms with van der Waals surface area (Å²) in [6.07, 6.45) is 1.52. The van der Waals surface area contributed by atoms with Crippen molar-refractivity contribution >= 4 is 11.8 Å². The first-order valence-corrected chi connectivity index (χ1v) is 7.15. The molecular formula is C14H22O2S. The van der Waals surface area contributed by atoms with Crippen LogP contribution in [0.1, 0.15) is 38.0 Å². The Kier molecular flexibility index (Phi) is 4.90. The van der Waals surface area contributed by atoms with E-state index in [1.807, 2.05) is 12.3 Å². The predicted molar refractivity (Wildman–Crippen MR) is 75.0 cm³/mol. The van der Waals surface area contributed by atoms with E-state index in [2.05, 4.69) is 32.9 Å². The van der Waals surface area contributed by atoms with Crippen molar-refractivity contribution in [2.24, 2.45) is 0 Å². The summed E-state index contributed by atoms with van der Waals surface area (Å²) in [5, 5.41) is 10.1. The number of methoxy groups -OCH3 is 1. The SMILES string of the molecule is COc1ccc(C(C)(C)C)cc1C(O)CSC. The number of rotatable bonds is 4. The maximum Gasteiger partial charge on any atom is 0.124 e. The van der Waals surface area contributed by atoms with Crippen LogP contribution in [0.3, 0.4) is 0 Å². The van der Waals surface area contributed by atoms with Crippen molar-refractivity contribution in [2.75, 3.05) is 19.1 Å². The minimum absolute atomic E-state index is 0.0834. The topological polar surface area (TPSA) is 29.5 Å². The van der Waals surface area contributed by atoms with Gasteiger partial charge in [-0.2, -0.15) is 11.8 Å². The van der Waals surface area contributed by atoms with Crippen LogP contribution < -0.4 is 4.74 Å². The second-order valence-electron chi connectivity index (χ2n) is 5.18. The first-order valence-electron chi connectivity index (χ1n) is 5.75. The van der Waals surface area contributed by atoms with E-state index in [9.17, 15) is 5.11 Å². The number of ether oxygens (including phenoxy) is 1. The quantitative estimate of drug-likeness (QED) is 0.893. The van der Waals surface area contributed by atoms with E-state index in [0.717, 1.165) is 11.3 Å². The van der Waals surface area contributed by atoms with Gasteiger partial charge in [-0.05, 0) is 29.4 Å². The standard InChI is InChI=1S/C14H22O2S/c1-14(2,3)10-6-7-13(16-4)11(8-10)12(15)9-17-5/h6-8,12,15H,9H2,1-5H3. The number of aliphatic hydroxyl groups excluding tert-OH is 1. The summed E-state index contributed by atoms with van der Waals surface area (Å²) in [7, 11) is 1.64. The zero-order valence-electron chi connectivity index (χ0n) is 11.3. The third-order valence-corrected chi connectivity index (χ3v) is 3.43. The summed E-state index contributed by atoms with van der Waals surface area (Å²) in [6, 6.07) is 6.06. The predicted octanol–water partition coefficient (Wildman–Crippen LogP) is 3.39. The van der Waals surface area contributed by atoms with Crippen LogP contribution in [0.2, 0.25) is 0 Å². The van der Waals surface area contributed by atoms with Crippen molar-refractivity contribution < 1.29 is 9.84 Å². The molecule has 0 fully saturated rings. The Morgan fingerprint density at radius 2 is 2.00 bits per heavy atom. The molecule has 0 aliphatic heterocycles. The second kappa shape index (κ2) is 5.78. The van der Waals surface area contributed by atoms with Gasteiger partial charge in [-0.25, -0.2) is 0 Å². The fraction of sp³-hybridized carbons (Fsp3) is 0.571. The van der Waals surface area contributed by atoms with Gasteiger partial charge in [0, 0.05) is 11.3 Å². The van der Waals surface area contributed by atoms with Gasteiger partial charge in [-0.1, -0.05) is 26.8 Å². The fourth-order valence-electron chi connectivity index (χ4n) is 1.71. The highest BCUT2D eigenvalue weighted by molar-refractivity contribution is 7.98. The van der Waals surface area contributed by atoms with E-state index in [1.54, 1.807) is 18.9 Å². The van der Waals surface area contributed by atoms with Gasteiger partial charge in [0.2, 0.25) is 0 Å². The highest BCUT2D eigenvalue weighted by Crippen LogP contribution is 2.32. The Hall–Kier alpha value is -0.670. The van der Waals surface area contributed by atoms with Gasteiger partial charge in [-0.15, -0.1) is 0 Å². The average Bonchev–Trinajstić information content (AvgIpc) is 2.27. The molecule has 0 aliphatic rings. The smallest absolute Gasteiger partial charge is 0.124 e. The van der Waals surface area contributed by atoms with Gasteiger partial charge in [0.05, 0.1) is 13.2 Å². The Morgan fingerprint density at radius 1 is 1.35 bits per heavy atom. The van der Waals surface area contributed by atoms with Crippen molar-refractivity contribution in [3.8, 4) is 5.75 Å². The highest BCUT2D eigenvalue weighted by atomic mass is 32.2. The maximum atomic E-state index is 10.1. The molecule has 0 saturated heterocycles. The third-order valence-electron chi connectivity index (χ3n) is 2.78. The van der Waals surface area contributed by atoms with Gasteiger partial charge in [0.1, 0.15) is 5.75 Å². The molecule has 0 aliphatic carbocycles. The molecule has 0 spiro atoms. The molecule has 0 bridgehead atoms. The second-order valence-corrected chi connectivity index (χ2v) is 6.09. The number of aliphatic hydroxyl groups is 1. The van der Waals surface area contributed by atoms with Crippen LogP contribution in [0.4, 0.5) is 0 Å². The molecule has 3 heteroatoms. The third kappa shape index (κ3) is 3.65. The molecular weight excluding hydrogens is 232 g/mol. The monoisotopic (exact) mass is 254 g/mol. The minimum Gasteiger partial charge on any atom is -0.496 e. The molecule has 17 heavy (non-hydrogen) atoms. The van der Waals surface area contributed by atoms with Crippen LogP contribution in [0.15, 0.2) is 18.2 Å². The summed E-state index contributed by atoms with van der Waals surface area (Å²) in [5.41, 5.74) is 2.18. The summed E-state index contributed by atoms with van der Waals surface area (Å²) in [6.45, 7) is 6.50. The van der Waals surface area contributed by atoms with E-state index >= 15 is 0 Å². The van der Waals surface area contributed by atoms with Crippen LogP contribution in [-0.2, 0) is 5.41 Å². The van der Waals surface area contributed by atoms with Crippen molar-refractivity contribution in [1.29, 1.82) is 0 Å². The Labute approximate surface area is 108 Å². The largest absolute Gasteiger partial charge is 0.496 e. The zero-order valence-corrected chi connectivity index (χ0v) is 12.1. The zero-order chi connectivity index (χ0) is 13.1. The van der Waals surface area contributed by atoms with Gasteiger partial charge in [0.25, 0.3) is 0 Å². The molecule has 1 N–H and O–H groups in total. The van der Waals surface area contributed by atoms with Gasteiger partial charge in [-0.3, -0.25) is 0 Å². The van der Waals surface area contributed by atoms with Crippen molar-refractivity contribution in [2.45, 2.75) is 32.3 Å². The lowest BCUT2D eigenvalue weighted by Crippen LogP contribution is -2.13. The average molecular weight is 254 g/mol.